The highest BCUT2D eigenvalue weighted by Gasteiger charge is 2.43. The van der Waals surface area contributed by atoms with E-state index in [9.17, 15) is 9.18 Å². The van der Waals surface area contributed by atoms with E-state index in [0.717, 1.165) is 37.8 Å². The van der Waals surface area contributed by atoms with Crippen LogP contribution in [0, 0.1) is 5.92 Å². The number of nitrogens with one attached hydrogen (secondary N) is 2. The lowest BCUT2D eigenvalue weighted by molar-refractivity contribution is -0.117. The molecule has 2 aromatic heterocycles. The van der Waals surface area contributed by atoms with Crippen LogP contribution in [0.25, 0.3) is 38.3 Å². The standard InChI is InChI=1S/C20H15FN4OS/c1-2-10-3-5-15-13(9-22-25-15)18(10)11-4-6-16-17(7-11)27-20(23-16)24-19(26)12-8-14(12)21/h2-7,9,12,14H,1,8H2,(H,22,25)(H,23,24,26)/t12-,14+/m1/s1. The van der Waals surface area contributed by atoms with Gasteiger partial charge in [0.2, 0.25) is 5.91 Å². The van der Waals surface area contributed by atoms with E-state index >= 15 is 0 Å². The Bertz CT molecular complexity index is 1210. The average Bonchev–Trinajstić information content (AvgIpc) is 3.07. The number of fused-ring (bicyclic) bond motifs is 2. The lowest BCUT2D eigenvalue weighted by atomic mass is 9.96. The second-order valence-electron chi connectivity index (χ2n) is 6.61. The number of anilines is 1. The maximum absolute atomic E-state index is 13.1. The minimum atomic E-state index is -1.02. The van der Waals surface area contributed by atoms with Crippen LogP contribution >= 0.6 is 11.3 Å². The molecule has 0 saturated heterocycles. The van der Waals surface area contributed by atoms with E-state index in [1.54, 1.807) is 0 Å². The number of nitrogens with zero attached hydrogens (tertiary/aromatic N) is 2. The molecular formula is C20H15FN4OS. The summed E-state index contributed by atoms with van der Waals surface area (Å²) in [4.78, 5) is 16.4. The number of thiazole rings is 1. The Morgan fingerprint density at radius 2 is 2.22 bits per heavy atom. The van der Waals surface area contributed by atoms with Crippen LogP contribution in [0.4, 0.5) is 9.52 Å². The number of benzene rings is 2. The number of carbonyl (C=O) groups excluding carboxylic acids is 1. The third kappa shape index (κ3) is 2.71. The summed E-state index contributed by atoms with van der Waals surface area (Å²) < 4.78 is 14.0. The predicted octanol–water partition coefficient (Wildman–Crippen LogP) is 4.78. The third-order valence-corrected chi connectivity index (χ3v) is 5.77. The van der Waals surface area contributed by atoms with E-state index in [1.807, 2.05) is 42.6 Å². The molecule has 1 aliphatic rings. The molecule has 0 spiro atoms. The molecule has 7 heteroatoms. The second kappa shape index (κ2) is 5.99. The van der Waals surface area contributed by atoms with E-state index in [0.29, 0.717) is 11.6 Å². The van der Waals surface area contributed by atoms with Gasteiger partial charge in [-0.3, -0.25) is 9.89 Å². The number of aromatic amines is 1. The number of hydrogen-bond donors (Lipinski definition) is 2. The molecule has 2 atom stereocenters. The summed E-state index contributed by atoms with van der Waals surface area (Å²) in [5, 5.41) is 11.4. The SMILES string of the molecule is C=Cc1ccc2[nH]ncc2c1-c1ccc2nc(NC(=O)[C@@H]3C[C@@H]3F)sc2c1. The van der Waals surface area contributed by atoms with Crippen molar-refractivity contribution in [2.75, 3.05) is 5.32 Å². The van der Waals surface area contributed by atoms with Gasteiger partial charge in [0, 0.05) is 5.39 Å². The molecular weight excluding hydrogens is 363 g/mol. The number of halogens is 1. The monoisotopic (exact) mass is 378 g/mol. The molecule has 1 amide bonds. The Labute approximate surface area is 157 Å². The fourth-order valence-corrected chi connectivity index (χ4v) is 4.20. The first kappa shape index (κ1) is 16.1. The molecule has 0 unspecified atom stereocenters. The first-order chi connectivity index (χ1) is 13.1. The lowest BCUT2D eigenvalue weighted by Crippen LogP contribution is -2.14. The molecule has 5 rings (SSSR count). The van der Waals surface area contributed by atoms with Crippen molar-refractivity contribution in [3.8, 4) is 11.1 Å². The molecule has 1 saturated carbocycles. The van der Waals surface area contributed by atoms with Crippen LogP contribution in [-0.4, -0.2) is 27.3 Å². The zero-order chi connectivity index (χ0) is 18.5. The number of aromatic nitrogens is 3. The molecule has 1 fully saturated rings. The van der Waals surface area contributed by atoms with Crippen LogP contribution in [0.5, 0.6) is 0 Å². The van der Waals surface area contributed by atoms with Crippen molar-refractivity contribution in [3.05, 3.63) is 48.7 Å². The molecule has 27 heavy (non-hydrogen) atoms. The second-order valence-corrected chi connectivity index (χ2v) is 7.64. The van der Waals surface area contributed by atoms with Gasteiger partial charge in [0.25, 0.3) is 0 Å². The number of amides is 1. The van der Waals surface area contributed by atoms with Gasteiger partial charge < -0.3 is 5.32 Å². The highest BCUT2D eigenvalue weighted by Crippen LogP contribution is 2.38. The number of hydrogen-bond acceptors (Lipinski definition) is 4. The molecule has 1 aliphatic carbocycles. The smallest absolute Gasteiger partial charge is 0.232 e. The molecule has 2 N–H and O–H groups in total. The largest absolute Gasteiger partial charge is 0.302 e. The van der Waals surface area contributed by atoms with Gasteiger partial charge in [-0.2, -0.15) is 5.10 Å². The van der Waals surface area contributed by atoms with E-state index in [-0.39, 0.29) is 5.91 Å². The number of rotatable bonds is 4. The third-order valence-electron chi connectivity index (χ3n) is 4.83. The summed E-state index contributed by atoms with van der Waals surface area (Å²) in [5.41, 5.74) is 4.85. The summed E-state index contributed by atoms with van der Waals surface area (Å²) in [7, 11) is 0. The normalized spacial score (nSPS) is 18.7. The summed E-state index contributed by atoms with van der Waals surface area (Å²) in [6.07, 6.45) is 2.93. The lowest BCUT2D eigenvalue weighted by Gasteiger charge is -2.08. The van der Waals surface area contributed by atoms with Crippen molar-refractivity contribution in [3.63, 3.8) is 0 Å². The molecule has 0 radical (unpaired) electrons. The molecule has 2 heterocycles. The fraction of sp³-hybridized carbons (Fsp3) is 0.150. The van der Waals surface area contributed by atoms with Crippen molar-refractivity contribution in [1.29, 1.82) is 0 Å². The van der Waals surface area contributed by atoms with Crippen LogP contribution in [0.1, 0.15) is 12.0 Å². The van der Waals surface area contributed by atoms with E-state index in [4.69, 9.17) is 0 Å². The quantitative estimate of drug-likeness (QED) is 0.537. The summed E-state index contributed by atoms with van der Waals surface area (Å²) in [5.74, 6) is -0.819. The topological polar surface area (TPSA) is 70.7 Å². The number of alkyl halides is 1. The zero-order valence-electron chi connectivity index (χ0n) is 14.2. The minimum Gasteiger partial charge on any atom is -0.302 e. The van der Waals surface area contributed by atoms with Crippen molar-refractivity contribution in [1.82, 2.24) is 15.2 Å². The van der Waals surface area contributed by atoms with Gasteiger partial charge in [-0.15, -0.1) is 0 Å². The van der Waals surface area contributed by atoms with Crippen LogP contribution < -0.4 is 5.32 Å². The van der Waals surface area contributed by atoms with Crippen LogP contribution in [0.2, 0.25) is 0 Å². The Kier molecular flexibility index (Phi) is 3.58. The van der Waals surface area contributed by atoms with Gasteiger partial charge in [0.05, 0.1) is 27.8 Å². The van der Waals surface area contributed by atoms with Gasteiger partial charge in [0.15, 0.2) is 5.13 Å². The summed E-state index contributed by atoms with van der Waals surface area (Å²) in [6.45, 7) is 3.92. The Hall–Kier alpha value is -3.06. The first-order valence-electron chi connectivity index (χ1n) is 8.58. The average molecular weight is 378 g/mol. The van der Waals surface area contributed by atoms with Gasteiger partial charge in [-0.05, 0) is 41.3 Å². The Morgan fingerprint density at radius 1 is 1.37 bits per heavy atom. The highest BCUT2D eigenvalue weighted by atomic mass is 32.1. The van der Waals surface area contributed by atoms with Gasteiger partial charge in [-0.1, -0.05) is 36.1 Å². The summed E-state index contributed by atoms with van der Waals surface area (Å²) >= 11 is 1.39. The van der Waals surface area contributed by atoms with Gasteiger partial charge in [-0.25, -0.2) is 9.37 Å². The van der Waals surface area contributed by atoms with E-state index < -0.39 is 12.1 Å². The fourth-order valence-electron chi connectivity index (χ4n) is 3.29. The number of H-pyrrole nitrogens is 1. The van der Waals surface area contributed by atoms with Gasteiger partial charge >= 0.3 is 0 Å². The van der Waals surface area contributed by atoms with Crippen LogP contribution in [0.15, 0.2) is 43.1 Å². The molecule has 5 nitrogen and oxygen atoms in total. The van der Waals surface area contributed by atoms with Crippen molar-refractivity contribution < 1.29 is 9.18 Å². The maximum Gasteiger partial charge on any atom is 0.232 e. The Balaban J connectivity index is 1.56. The summed E-state index contributed by atoms with van der Waals surface area (Å²) in [6, 6.07) is 9.97. The minimum absolute atomic E-state index is 0.293. The molecule has 2 aromatic carbocycles. The van der Waals surface area contributed by atoms with Crippen LogP contribution in [-0.2, 0) is 4.79 Å². The zero-order valence-corrected chi connectivity index (χ0v) is 15.0. The predicted molar refractivity (Wildman–Crippen MR) is 106 cm³/mol. The Morgan fingerprint density at radius 3 is 3.00 bits per heavy atom. The highest BCUT2D eigenvalue weighted by molar-refractivity contribution is 7.22. The van der Waals surface area contributed by atoms with Crippen LogP contribution in [0.3, 0.4) is 0 Å². The van der Waals surface area contributed by atoms with E-state index in [2.05, 4.69) is 27.1 Å². The van der Waals surface area contributed by atoms with E-state index in [1.165, 1.54) is 11.3 Å². The van der Waals surface area contributed by atoms with Gasteiger partial charge in [0.1, 0.15) is 6.17 Å². The number of carbonyl (C=O) groups is 1. The molecule has 4 aromatic rings. The maximum atomic E-state index is 13.1. The molecule has 0 aliphatic heterocycles. The van der Waals surface area contributed by atoms with Crippen molar-refractivity contribution in [2.45, 2.75) is 12.6 Å². The van der Waals surface area contributed by atoms with Crippen molar-refractivity contribution in [2.24, 2.45) is 5.92 Å². The first-order valence-corrected chi connectivity index (χ1v) is 9.40. The molecule has 134 valence electrons. The van der Waals surface area contributed by atoms with Crippen molar-refractivity contribution >= 4 is 49.6 Å². The molecule has 0 bridgehead atoms.